The molecule has 4 heteroatoms. The number of nitrogens with zero attached hydrogens (tertiary/aromatic N) is 2. The highest BCUT2D eigenvalue weighted by atomic mass is 127. The quantitative estimate of drug-likeness (QED) is 0.674. The van der Waals surface area contributed by atoms with Crippen LogP contribution in [-0.4, -0.2) is 36.6 Å². The predicted molar refractivity (Wildman–Crippen MR) is 94.8 cm³/mol. The third kappa shape index (κ3) is 2.95. The normalized spacial score (nSPS) is 27.4. The van der Waals surface area contributed by atoms with Crippen LogP contribution in [0.25, 0.3) is 0 Å². The molecule has 0 radical (unpaired) electrons. The van der Waals surface area contributed by atoms with Gasteiger partial charge in [-0.25, -0.2) is 0 Å². The Kier molecular flexibility index (Phi) is 4.78. The minimum absolute atomic E-state index is 0.599. The standard InChI is InChI=1S/C16H22ClIN2/c1-2-13-10-19-8-4-3-5-14(19)11-20(13)16-7-6-12(18)9-15(16)17/h6-7,9,13-14H,2-5,8,10-11H2,1H3. The molecule has 0 aliphatic carbocycles. The molecule has 2 unspecified atom stereocenters. The fourth-order valence-electron chi connectivity index (χ4n) is 3.61. The highest BCUT2D eigenvalue weighted by molar-refractivity contribution is 14.1. The second-order valence-corrected chi connectivity index (χ2v) is 7.61. The zero-order valence-corrected chi connectivity index (χ0v) is 14.9. The molecule has 2 saturated heterocycles. The fourth-order valence-corrected chi connectivity index (χ4v) is 4.58. The molecule has 2 atom stereocenters. The first-order valence-electron chi connectivity index (χ1n) is 7.64. The van der Waals surface area contributed by atoms with E-state index in [0.29, 0.717) is 6.04 Å². The molecule has 2 aliphatic heterocycles. The van der Waals surface area contributed by atoms with E-state index in [1.165, 1.54) is 48.0 Å². The van der Waals surface area contributed by atoms with Gasteiger partial charge in [0.25, 0.3) is 0 Å². The largest absolute Gasteiger partial charge is 0.364 e. The molecule has 0 amide bonds. The average molecular weight is 405 g/mol. The van der Waals surface area contributed by atoms with Crippen LogP contribution in [0.4, 0.5) is 5.69 Å². The van der Waals surface area contributed by atoms with Crippen LogP contribution < -0.4 is 4.90 Å². The average Bonchev–Trinajstić information content (AvgIpc) is 2.46. The van der Waals surface area contributed by atoms with Gasteiger partial charge in [0.05, 0.1) is 10.7 Å². The molecule has 3 rings (SSSR count). The zero-order valence-electron chi connectivity index (χ0n) is 12.0. The topological polar surface area (TPSA) is 6.48 Å². The summed E-state index contributed by atoms with van der Waals surface area (Å²) in [5.41, 5.74) is 1.23. The Labute approximate surface area is 140 Å². The van der Waals surface area contributed by atoms with Gasteiger partial charge >= 0.3 is 0 Å². The molecule has 0 aromatic heterocycles. The smallest absolute Gasteiger partial charge is 0.0650 e. The molecule has 2 heterocycles. The van der Waals surface area contributed by atoms with E-state index in [4.69, 9.17) is 11.6 Å². The number of anilines is 1. The highest BCUT2D eigenvalue weighted by Crippen LogP contribution is 2.34. The Bertz CT molecular complexity index is 480. The first-order chi connectivity index (χ1) is 9.69. The van der Waals surface area contributed by atoms with Gasteiger partial charge in [-0.3, -0.25) is 4.90 Å². The van der Waals surface area contributed by atoms with Crippen molar-refractivity contribution in [3.63, 3.8) is 0 Å². The van der Waals surface area contributed by atoms with Gasteiger partial charge in [0.15, 0.2) is 0 Å². The number of benzene rings is 1. The minimum atomic E-state index is 0.599. The maximum Gasteiger partial charge on any atom is 0.0650 e. The van der Waals surface area contributed by atoms with Gasteiger partial charge in [0, 0.05) is 28.7 Å². The van der Waals surface area contributed by atoms with Gasteiger partial charge in [0.1, 0.15) is 0 Å². The lowest BCUT2D eigenvalue weighted by atomic mass is 9.95. The van der Waals surface area contributed by atoms with Crippen molar-refractivity contribution >= 4 is 39.9 Å². The summed E-state index contributed by atoms with van der Waals surface area (Å²) in [5, 5.41) is 0.902. The molecular weight excluding hydrogens is 383 g/mol. The van der Waals surface area contributed by atoms with Gasteiger partial charge in [-0.15, -0.1) is 0 Å². The lowest BCUT2D eigenvalue weighted by Crippen LogP contribution is -2.59. The Hall–Kier alpha value is -0.0000000000000000555. The summed E-state index contributed by atoms with van der Waals surface area (Å²) in [6, 6.07) is 7.77. The number of piperidine rings is 1. The van der Waals surface area contributed by atoms with Crippen molar-refractivity contribution in [3.8, 4) is 0 Å². The molecule has 2 aliphatic rings. The van der Waals surface area contributed by atoms with Crippen LogP contribution in [0.5, 0.6) is 0 Å². The van der Waals surface area contributed by atoms with Gasteiger partial charge < -0.3 is 4.90 Å². The first-order valence-corrected chi connectivity index (χ1v) is 9.10. The molecule has 0 bridgehead atoms. The van der Waals surface area contributed by atoms with Gasteiger partial charge in [-0.1, -0.05) is 24.9 Å². The first kappa shape index (κ1) is 14.9. The van der Waals surface area contributed by atoms with Crippen LogP contribution in [0.2, 0.25) is 5.02 Å². The maximum atomic E-state index is 6.50. The lowest BCUT2D eigenvalue weighted by Gasteiger charge is -2.49. The van der Waals surface area contributed by atoms with E-state index in [0.717, 1.165) is 17.6 Å². The van der Waals surface area contributed by atoms with E-state index >= 15 is 0 Å². The SMILES string of the molecule is CCC1CN2CCCCC2CN1c1ccc(I)cc1Cl. The second kappa shape index (κ2) is 6.41. The van der Waals surface area contributed by atoms with Crippen molar-refractivity contribution in [2.75, 3.05) is 24.5 Å². The monoisotopic (exact) mass is 404 g/mol. The van der Waals surface area contributed by atoms with Crippen molar-refractivity contribution in [2.24, 2.45) is 0 Å². The van der Waals surface area contributed by atoms with E-state index in [2.05, 4.69) is 57.5 Å². The van der Waals surface area contributed by atoms with Gasteiger partial charge in [0.2, 0.25) is 0 Å². The number of rotatable bonds is 2. The second-order valence-electron chi connectivity index (χ2n) is 5.95. The summed E-state index contributed by atoms with van der Waals surface area (Å²) >= 11 is 8.83. The van der Waals surface area contributed by atoms with Crippen LogP contribution in [-0.2, 0) is 0 Å². The summed E-state index contributed by atoms with van der Waals surface area (Å²) in [7, 11) is 0. The molecule has 2 nitrogen and oxygen atoms in total. The third-order valence-corrected chi connectivity index (χ3v) is 5.71. The Morgan fingerprint density at radius 2 is 2.15 bits per heavy atom. The molecule has 0 N–H and O–H groups in total. The number of halogens is 2. The lowest BCUT2D eigenvalue weighted by molar-refractivity contribution is 0.111. The summed E-state index contributed by atoms with van der Waals surface area (Å²) < 4.78 is 1.21. The van der Waals surface area contributed by atoms with E-state index < -0.39 is 0 Å². The van der Waals surface area contributed by atoms with E-state index in [-0.39, 0.29) is 0 Å². The van der Waals surface area contributed by atoms with Crippen LogP contribution in [0.15, 0.2) is 18.2 Å². The maximum absolute atomic E-state index is 6.50. The number of hydrogen-bond donors (Lipinski definition) is 0. The molecule has 1 aromatic carbocycles. The van der Waals surface area contributed by atoms with Gasteiger partial charge in [-0.05, 0) is 66.6 Å². The zero-order chi connectivity index (χ0) is 14.1. The van der Waals surface area contributed by atoms with Crippen molar-refractivity contribution in [1.82, 2.24) is 4.90 Å². The van der Waals surface area contributed by atoms with Crippen LogP contribution in [0.1, 0.15) is 32.6 Å². The summed E-state index contributed by atoms with van der Waals surface area (Å²) in [4.78, 5) is 5.26. The Balaban J connectivity index is 1.86. The molecule has 0 saturated carbocycles. The van der Waals surface area contributed by atoms with E-state index in [1.54, 1.807) is 0 Å². The van der Waals surface area contributed by atoms with Crippen molar-refractivity contribution in [3.05, 3.63) is 26.8 Å². The van der Waals surface area contributed by atoms with Crippen LogP contribution >= 0.6 is 34.2 Å². The number of hydrogen-bond acceptors (Lipinski definition) is 2. The molecule has 0 spiro atoms. The minimum Gasteiger partial charge on any atom is -0.364 e. The van der Waals surface area contributed by atoms with Crippen molar-refractivity contribution in [1.29, 1.82) is 0 Å². The molecule has 2 fully saturated rings. The molecule has 110 valence electrons. The van der Waals surface area contributed by atoms with E-state index in [1.807, 2.05) is 0 Å². The Morgan fingerprint density at radius 1 is 1.30 bits per heavy atom. The summed E-state index contributed by atoms with van der Waals surface area (Å²) in [6.45, 7) is 5.92. The molecular formula is C16H22ClIN2. The molecule has 1 aromatic rings. The highest BCUT2D eigenvalue weighted by Gasteiger charge is 2.34. The van der Waals surface area contributed by atoms with Crippen LogP contribution in [0, 0.1) is 3.57 Å². The van der Waals surface area contributed by atoms with Crippen LogP contribution in [0.3, 0.4) is 0 Å². The van der Waals surface area contributed by atoms with E-state index in [9.17, 15) is 0 Å². The molecule has 20 heavy (non-hydrogen) atoms. The predicted octanol–water partition coefficient (Wildman–Crippen LogP) is 4.40. The van der Waals surface area contributed by atoms with Crippen molar-refractivity contribution in [2.45, 2.75) is 44.7 Å². The summed E-state index contributed by atoms with van der Waals surface area (Å²) in [5.74, 6) is 0. The number of piperazine rings is 1. The van der Waals surface area contributed by atoms with Gasteiger partial charge in [-0.2, -0.15) is 0 Å². The van der Waals surface area contributed by atoms with Crippen molar-refractivity contribution < 1.29 is 0 Å². The fraction of sp³-hybridized carbons (Fsp3) is 0.625. The Morgan fingerprint density at radius 3 is 2.90 bits per heavy atom. The number of fused-ring (bicyclic) bond motifs is 1. The third-order valence-electron chi connectivity index (χ3n) is 4.73. The summed E-state index contributed by atoms with van der Waals surface area (Å²) in [6.07, 6.45) is 5.28.